The van der Waals surface area contributed by atoms with E-state index in [-0.39, 0.29) is 10.7 Å². The number of anilines is 1. The highest BCUT2D eigenvalue weighted by Crippen LogP contribution is 2.29. The number of hydrogen-bond donors (Lipinski definition) is 1. The number of hydrogen-bond acceptors (Lipinski definition) is 4. The predicted octanol–water partition coefficient (Wildman–Crippen LogP) is 3.62. The Labute approximate surface area is 117 Å². The van der Waals surface area contributed by atoms with Crippen molar-refractivity contribution in [1.29, 1.82) is 0 Å². The molecule has 19 heavy (non-hydrogen) atoms. The molecule has 0 radical (unpaired) electrons. The fourth-order valence-electron chi connectivity index (χ4n) is 2.42. The van der Waals surface area contributed by atoms with Gasteiger partial charge in [-0.2, -0.15) is 0 Å². The minimum absolute atomic E-state index is 0.0581. The summed E-state index contributed by atoms with van der Waals surface area (Å²) >= 11 is 5.79. The van der Waals surface area contributed by atoms with Gasteiger partial charge in [-0.25, -0.2) is 0 Å². The second-order valence-electron chi connectivity index (χ2n) is 4.78. The van der Waals surface area contributed by atoms with E-state index >= 15 is 0 Å². The standard InChI is InChI=1S/C13H17ClN2O3/c1-19-11-5-2-9(3-6-11)15-10-4-7-12(14)13(8-10)16(17)18/h4,7-9,11,15H,2-3,5-6H2,1H3. The van der Waals surface area contributed by atoms with Crippen molar-refractivity contribution >= 4 is 23.0 Å². The number of nitro groups is 1. The molecule has 1 fully saturated rings. The maximum atomic E-state index is 10.8. The molecule has 5 nitrogen and oxygen atoms in total. The fraction of sp³-hybridized carbons (Fsp3) is 0.538. The van der Waals surface area contributed by atoms with Gasteiger partial charge < -0.3 is 10.1 Å². The van der Waals surface area contributed by atoms with Gasteiger partial charge in [-0.1, -0.05) is 11.6 Å². The molecule has 0 atom stereocenters. The highest BCUT2D eigenvalue weighted by atomic mass is 35.5. The Kier molecular flexibility index (Phi) is 4.61. The normalized spacial score (nSPS) is 23.1. The molecule has 1 aliphatic carbocycles. The predicted molar refractivity (Wildman–Crippen MR) is 74.8 cm³/mol. The maximum Gasteiger partial charge on any atom is 0.289 e. The number of nitro benzene ring substituents is 1. The molecule has 1 aromatic carbocycles. The van der Waals surface area contributed by atoms with Crippen LogP contribution in [0, 0.1) is 10.1 Å². The first-order valence-corrected chi connectivity index (χ1v) is 6.71. The van der Waals surface area contributed by atoms with Crippen molar-refractivity contribution in [3.8, 4) is 0 Å². The third-order valence-corrected chi connectivity index (χ3v) is 3.84. The zero-order valence-electron chi connectivity index (χ0n) is 10.8. The third-order valence-electron chi connectivity index (χ3n) is 3.52. The van der Waals surface area contributed by atoms with Crippen LogP contribution < -0.4 is 5.32 Å². The fourth-order valence-corrected chi connectivity index (χ4v) is 2.61. The molecule has 1 aromatic rings. The topological polar surface area (TPSA) is 64.4 Å². The second kappa shape index (κ2) is 6.21. The van der Waals surface area contributed by atoms with Gasteiger partial charge in [-0.3, -0.25) is 10.1 Å². The van der Waals surface area contributed by atoms with Gasteiger partial charge in [0.15, 0.2) is 0 Å². The minimum atomic E-state index is -0.463. The van der Waals surface area contributed by atoms with Crippen LogP contribution >= 0.6 is 11.6 Å². The number of halogens is 1. The van der Waals surface area contributed by atoms with Gasteiger partial charge >= 0.3 is 0 Å². The molecule has 2 rings (SSSR count). The van der Waals surface area contributed by atoms with Gasteiger partial charge in [-0.05, 0) is 37.8 Å². The maximum absolute atomic E-state index is 10.8. The van der Waals surface area contributed by atoms with Gasteiger partial charge in [-0.15, -0.1) is 0 Å². The van der Waals surface area contributed by atoms with Crippen molar-refractivity contribution in [3.05, 3.63) is 33.3 Å². The largest absolute Gasteiger partial charge is 0.382 e. The van der Waals surface area contributed by atoms with Crippen LogP contribution in [0.5, 0.6) is 0 Å². The Morgan fingerprint density at radius 1 is 1.37 bits per heavy atom. The van der Waals surface area contributed by atoms with E-state index in [2.05, 4.69) is 5.32 Å². The van der Waals surface area contributed by atoms with E-state index in [1.807, 2.05) is 0 Å². The lowest BCUT2D eigenvalue weighted by molar-refractivity contribution is -0.384. The molecule has 1 aliphatic rings. The zero-order chi connectivity index (χ0) is 13.8. The summed E-state index contributed by atoms with van der Waals surface area (Å²) in [6.45, 7) is 0. The van der Waals surface area contributed by atoms with Crippen LogP contribution in [-0.4, -0.2) is 24.2 Å². The van der Waals surface area contributed by atoms with Crippen molar-refractivity contribution in [3.63, 3.8) is 0 Å². The highest BCUT2D eigenvalue weighted by molar-refractivity contribution is 6.32. The number of rotatable bonds is 4. The van der Waals surface area contributed by atoms with Gasteiger partial charge in [0.25, 0.3) is 5.69 Å². The lowest BCUT2D eigenvalue weighted by Gasteiger charge is -2.28. The number of ether oxygens (including phenoxy) is 1. The molecule has 0 bridgehead atoms. The summed E-state index contributed by atoms with van der Waals surface area (Å²) in [7, 11) is 1.74. The minimum Gasteiger partial charge on any atom is -0.382 e. The lowest BCUT2D eigenvalue weighted by atomic mass is 9.93. The Morgan fingerprint density at radius 3 is 2.63 bits per heavy atom. The average molecular weight is 285 g/mol. The molecular formula is C13H17ClN2O3. The van der Waals surface area contributed by atoms with Crippen molar-refractivity contribution < 1.29 is 9.66 Å². The van der Waals surface area contributed by atoms with E-state index in [9.17, 15) is 10.1 Å². The molecule has 0 amide bonds. The summed E-state index contributed by atoms with van der Waals surface area (Å²) in [5, 5.41) is 14.3. The monoisotopic (exact) mass is 284 g/mol. The molecule has 0 spiro atoms. The molecule has 0 aliphatic heterocycles. The van der Waals surface area contributed by atoms with E-state index in [1.54, 1.807) is 19.2 Å². The van der Waals surface area contributed by atoms with Gasteiger partial charge in [0, 0.05) is 24.9 Å². The molecule has 0 unspecified atom stereocenters. The summed E-state index contributed by atoms with van der Waals surface area (Å²) in [6.07, 6.45) is 4.40. The quantitative estimate of drug-likeness (QED) is 0.677. The van der Waals surface area contributed by atoms with E-state index in [1.165, 1.54) is 6.07 Å². The number of methoxy groups -OCH3 is 1. The molecule has 1 saturated carbocycles. The molecule has 0 heterocycles. The SMILES string of the molecule is COC1CCC(Nc2ccc(Cl)c([N+](=O)[O-])c2)CC1. The Hall–Kier alpha value is -1.33. The van der Waals surface area contributed by atoms with Gasteiger partial charge in [0.2, 0.25) is 0 Å². The van der Waals surface area contributed by atoms with Crippen molar-refractivity contribution in [2.24, 2.45) is 0 Å². The Bertz CT molecular complexity index is 459. The van der Waals surface area contributed by atoms with Crippen LogP contribution in [0.25, 0.3) is 0 Å². The van der Waals surface area contributed by atoms with Crippen LogP contribution in [0.3, 0.4) is 0 Å². The summed E-state index contributed by atoms with van der Waals surface area (Å²) in [5.41, 5.74) is 0.689. The van der Waals surface area contributed by atoms with E-state index in [4.69, 9.17) is 16.3 Å². The molecule has 1 N–H and O–H groups in total. The van der Waals surface area contributed by atoms with Crippen LogP contribution in [0.1, 0.15) is 25.7 Å². The van der Waals surface area contributed by atoms with E-state index in [0.717, 1.165) is 31.4 Å². The van der Waals surface area contributed by atoms with Crippen LogP contribution in [0.2, 0.25) is 5.02 Å². The molecule has 0 saturated heterocycles. The Balaban J connectivity index is 2.00. The van der Waals surface area contributed by atoms with E-state index in [0.29, 0.717) is 12.1 Å². The van der Waals surface area contributed by atoms with Crippen molar-refractivity contribution in [2.75, 3.05) is 12.4 Å². The number of benzene rings is 1. The van der Waals surface area contributed by atoms with E-state index < -0.39 is 4.92 Å². The molecular weight excluding hydrogens is 268 g/mol. The second-order valence-corrected chi connectivity index (χ2v) is 5.18. The van der Waals surface area contributed by atoms with Crippen LogP contribution in [-0.2, 0) is 4.74 Å². The number of nitrogens with zero attached hydrogens (tertiary/aromatic N) is 1. The first-order valence-electron chi connectivity index (χ1n) is 6.33. The molecule has 6 heteroatoms. The average Bonchev–Trinajstić information content (AvgIpc) is 2.41. The highest BCUT2D eigenvalue weighted by Gasteiger charge is 2.21. The first kappa shape index (κ1) is 14.1. The van der Waals surface area contributed by atoms with Crippen LogP contribution in [0.15, 0.2) is 18.2 Å². The summed E-state index contributed by atoms with van der Waals surface area (Å²) < 4.78 is 5.32. The zero-order valence-corrected chi connectivity index (χ0v) is 11.5. The van der Waals surface area contributed by atoms with Gasteiger partial charge in [0.05, 0.1) is 11.0 Å². The smallest absolute Gasteiger partial charge is 0.289 e. The lowest BCUT2D eigenvalue weighted by Crippen LogP contribution is -2.29. The first-order chi connectivity index (χ1) is 9.10. The summed E-state index contributed by atoms with van der Waals surface area (Å²) in [4.78, 5) is 10.4. The van der Waals surface area contributed by atoms with Crippen molar-refractivity contribution in [1.82, 2.24) is 0 Å². The third kappa shape index (κ3) is 3.58. The van der Waals surface area contributed by atoms with Crippen molar-refractivity contribution in [2.45, 2.75) is 37.8 Å². The van der Waals surface area contributed by atoms with Crippen LogP contribution in [0.4, 0.5) is 11.4 Å². The molecule has 104 valence electrons. The molecule has 0 aromatic heterocycles. The summed E-state index contributed by atoms with van der Waals surface area (Å²) in [5.74, 6) is 0. The number of nitrogens with one attached hydrogen (secondary N) is 1. The summed E-state index contributed by atoms with van der Waals surface area (Å²) in [6, 6.07) is 5.16. The van der Waals surface area contributed by atoms with Gasteiger partial charge in [0.1, 0.15) is 5.02 Å². The Morgan fingerprint density at radius 2 is 2.05 bits per heavy atom.